The Morgan fingerprint density at radius 2 is 1.79 bits per heavy atom. The molecule has 3 rings (SSSR count). The van der Waals surface area contributed by atoms with E-state index < -0.39 is 0 Å². The number of aromatic nitrogens is 2. The zero-order valence-corrected chi connectivity index (χ0v) is 15.9. The third kappa shape index (κ3) is 3.41. The van der Waals surface area contributed by atoms with Gasteiger partial charge < -0.3 is 9.67 Å². The van der Waals surface area contributed by atoms with Gasteiger partial charge in [-0.15, -0.1) is 0 Å². The van der Waals surface area contributed by atoms with Crippen LogP contribution < -0.4 is 0 Å². The second-order valence-corrected chi connectivity index (χ2v) is 7.25. The third-order valence-corrected chi connectivity index (χ3v) is 4.79. The molecule has 1 N–H and O–H groups in total. The Morgan fingerprint density at radius 1 is 1.12 bits per heavy atom. The molecule has 3 atom stereocenters. The number of benzene rings is 1. The number of fused-ring (bicyclic) bond motifs is 3. The van der Waals surface area contributed by atoms with Gasteiger partial charge in [-0.1, -0.05) is 65.8 Å². The van der Waals surface area contributed by atoms with Gasteiger partial charge in [-0.25, -0.2) is 4.98 Å². The molecule has 0 amide bonds. The smallest absolute Gasteiger partial charge is 0.0956 e. The lowest BCUT2D eigenvalue weighted by atomic mass is 9.79. The maximum atomic E-state index is 10.9. The van der Waals surface area contributed by atoms with Gasteiger partial charge in [0.2, 0.25) is 0 Å². The number of aliphatic hydroxyl groups is 1. The van der Waals surface area contributed by atoms with Crippen molar-refractivity contribution in [3.05, 3.63) is 42.4 Å². The van der Waals surface area contributed by atoms with Gasteiger partial charge in [0, 0.05) is 11.5 Å². The standard InChI is InChI=1S/C19H26N2O.C2H6/c1-12(2)9-16(19(22)13(3)4)18-15-8-6-5-7-14(15)17-10-20-11-21(17)18;1-2/h5-8,10-13,16,18-19,22H,9H2,1-4H3;1-2H3/t16?,18-,19+;/m1./s1. The van der Waals surface area contributed by atoms with Crippen molar-refractivity contribution in [1.29, 1.82) is 0 Å². The summed E-state index contributed by atoms with van der Waals surface area (Å²) in [4.78, 5) is 4.34. The molecule has 1 aliphatic heterocycles. The molecule has 3 heteroatoms. The van der Waals surface area contributed by atoms with Gasteiger partial charge in [-0.3, -0.25) is 0 Å². The molecule has 1 aliphatic rings. The number of rotatable bonds is 5. The summed E-state index contributed by atoms with van der Waals surface area (Å²) in [7, 11) is 0. The Balaban J connectivity index is 0.00000100. The number of hydrogen-bond donors (Lipinski definition) is 1. The first kappa shape index (κ1) is 18.7. The van der Waals surface area contributed by atoms with Gasteiger partial charge in [0.1, 0.15) is 0 Å². The SMILES string of the molecule is CC.CC(C)CC([C@@H](O)C(C)C)[C@H]1c2ccccc2-c2cncn21. The summed E-state index contributed by atoms with van der Waals surface area (Å²) >= 11 is 0. The molecule has 2 heterocycles. The number of hydrogen-bond acceptors (Lipinski definition) is 2. The highest BCUT2D eigenvalue weighted by atomic mass is 16.3. The molecule has 0 radical (unpaired) electrons. The fourth-order valence-corrected chi connectivity index (χ4v) is 3.80. The summed E-state index contributed by atoms with van der Waals surface area (Å²) in [6, 6.07) is 8.73. The minimum absolute atomic E-state index is 0.188. The Hall–Kier alpha value is -1.61. The second-order valence-electron chi connectivity index (χ2n) is 7.25. The van der Waals surface area contributed by atoms with E-state index in [0.717, 1.165) is 6.42 Å². The highest BCUT2D eigenvalue weighted by molar-refractivity contribution is 5.69. The van der Waals surface area contributed by atoms with E-state index in [1.165, 1.54) is 16.8 Å². The predicted octanol–water partition coefficient (Wildman–Crippen LogP) is 5.16. The van der Waals surface area contributed by atoms with E-state index in [1.54, 1.807) is 0 Å². The molecular weight excluding hydrogens is 296 g/mol. The molecule has 0 aliphatic carbocycles. The van der Waals surface area contributed by atoms with Crippen LogP contribution in [0.25, 0.3) is 11.3 Å². The molecule has 132 valence electrons. The van der Waals surface area contributed by atoms with Crippen molar-refractivity contribution in [3.8, 4) is 11.3 Å². The van der Waals surface area contributed by atoms with Crippen LogP contribution in [0.3, 0.4) is 0 Å². The Kier molecular flexibility index (Phi) is 6.22. The van der Waals surface area contributed by atoms with Crippen LogP contribution in [0.15, 0.2) is 36.8 Å². The van der Waals surface area contributed by atoms with Crippen molar-refractivity contribution in [2.75, 3.05) is 0 Å². The van der Waals surface area contributed by atoms with Crippen LogP contribution in [0.1, 0.15) is 59.6 Å². The average molecular weight is 329 g/mol. The molecule has 1 aromatic carbocycles. The van der Waals surface area contributed by atoms with Gasteiger partial charge in [-0.05, 0) is 23.8 Å². The summed E-state index contributed by atoms with van der Waals surface area (Å²) in [5, 5.41) is 10.9. The minimum atomic E-state index is -0.311. The first-order chi connectivity index (χ1) is 11.5. The summed E-state index contributed by atoms with van der Waals surface area (Å²) in [5.41, 5.74) is 3.75. The first-order valence-electron chi connectivity index (χ1n) is 9.30. The van der Waals surface area contributed by atoms with E-state index in [1.807, 2.05) is 26.4 Å². The van der Waals surface area contributed by atoms with Crippen molar-refractivity contribution in [3.63, 3.8) is 0 Å². The van der Waals surface area contributed by atoms with Crippen molar-refractivity contribution in [2.45, 2.75) is 60.1 Å². The van der Waals surface area contributed by atoms with Gasteiger partial charge in [-0.2, -0.15) is 0 Å². The van der Waals surface area contributed by atoms with Crippen LogP contribution in [0.2, 0.25) is 0 Å². The van der Waals surface area contributed by atoms with Crippen LogP contribution in [-0.4, -0.2) is 20.8 Å². The molecule has 0 bridgehead atoms. The van der Waals surface area contributed by atoms with Gasteiger partial charge in [0.15, 0.2) is 0 Å². The van der Waals surface area contributed by atoms with Crippen LogP contribution in [0.5, 0.6) is 0 Å². The van der Waals surface area contributed by atoms with Crippen LogP contribution in [-0.2, 0) is 0 Å². The zero-order valence-electron chi connectivity index (χ0n) is 15.9. The second kappa shape index (κ2) is 7.98. The maximum Gasteiger partial charge on any atom is 0.0956 e. The van der Waals surface area contributed by atoms with Crippen molar-refractivity contribution in [1.82, 2.24) is 9.55 Å². The average Bonchev–Trinajstić information content (AvgIpc) is 3.14. The zero-order chi connectivity index (χ0) is 17.9. The van der Waals surface area contributed by atoms with E-state index in [0.29, 0.717) is 5.92 Å². The molecule has 3 nitrogen and oxygen atoms in total. The molecular formula is C21H32N2O. The summed E-state index contributed by atoms with van der Waals surface area (Å²) in [6.07, 6.45) is 4.55. The Morgan fingerprint density at radius 3 is 2.42 bits per heavy atom. The lowest BCUT2D eigenvalue weighted by molar-refractivity contribution is 0.0364. The molecule has 0 spiro atoms. The largest absolute Gasteiger partial charge is 0.392 e. The number of aliphatic hydroxyl groups excluding tert-OH is 1. The molecule has 2 aromatic rings. The van der Waals surface area contributed by atoms with Gasteiger partial charge in [0.05, 0.1) is 30.4 Å². The summed E-state index contributed by atoms with van der Waals surface area (Å²) in [6.45, 7) is 12.7. The molecule has 0 saturated heterocycles. The fourth-order valence-electron chi connectivity index (χ4n) is 3.80. The van der Waals surface area contributed by atoms with E-state index in [9.17, 15) is 5.11 Å². The summed E-state index contributed by atoms with van der Waals surface area (Å²) in [5.74, 6) is 1.01. The topological polar surface area (TPSA) is 38.1 Å². The van der Waals surface area contributed by atoms with E-state index in [-0.39, 0.29) is 24.0 Å². The van der Waals surface area contributed by atoms with Gasteiger partial charge in [0.25, 0.3) is 0 Å². The predicted molar refractivity (Wildman–Crippen MR) is 101 cm³/mol. The highest BCUT2D eigenvalue weighted by Crippen LogP contribution is 2.46. The Bertz CT molecular complexity index is 645. The third-order valence-electron chi connectivity index (χ3n) is 4.79. The van der Waals surface area contributed by atoms with E-state index >= 15 is 0 Å². The number of nitrogens with zero attached hydrogens (tertiary/aromatic N) is 2. The lowest BCUT2D eigenvalue weighted by Gasteiger charge is -2.33. The molecule has 1 aromatic heterocycles. The quantitative estimate of drug-likeness (QED) is 0.823. The Labute approximate surface area is 146 Å². The van der Waals surface area contributed by atoms with Crippen LogP contribution in [0.4, 0.5) is 0 Å². The molecule has 0 saturated carbocycles. The van der Waals surface area contributed by atoms with Crippen molar-refractivity contribution in [2.24, 2.45) is 17.8 Å². The lowest BCUT2D eigenvalue weighted by Crippen LogP contribution is -2.34. The van der Waals surface area contributed by atoms with E-state index in [4.69, 9.17) is 0 Å². The molecule has 0 fully saturated rings. The number of imidazole rings is 1. The van der Waals surface area contributed by atoms with Crippen LogP contribution >= 0.6 is 0 Å². The van der Waals surface area contributed by atoms with Crippen LogP contribution in [0, 0.1) is 17.8 Å². The first-order valence-corrected chi connectivity index (χ1v) is 9.30. The molecule has 1 unspecified atom stereocenters. The normalized spacial score (nSPS) is 18.0. The van der Waals surface area contributed by atoms with Crippen molar-refractivity contribution >= 4 is 0 Å². The van der Waals surface area contributed by atoms with E-state index in [2.05, 4.69) is 61.5 Å². The van der Waals surface area contributed by atoms with Crippen molar-refractivity contribution < 1.29 is 5.11 Å². The molecule has 24 heavy (non-hydrogen) atoms. The maximum absolute atomic E-state index is 10.9. The fraction of sp³-hybridized carbons (Fsp3) is 0.571. The van der Waals surface area contributed by atoms with Gasteiger partial charge >= 0.3 is 0 Å². The highest BCUT2D eigenvalue weighted by Gasteiger charge is 2.38. The monoisotopic (exact) mass is 328 g/mol. The minimum Gasteiger partial charge on any atom is -0.392 e. The summed E-state index contributed by atoms with van der Waals surface area (Å²) < 4.78 is 2.25.